The lowest BCUT2D eigenvalue weighted by Crippen LogP contribution is -2.33. The number of aromatic nitrogens is 2. The Kier molecular flexibility index (Phi) is 4.95. The van der Waals surface area contributed by atoms with E-state index in [1.54, 1.807) is 6.92 Å². The second-order valence-corrected chi connectivity index (χ2v) is 6.42. The van der Waals surface area contributed by atoms with Crippen molar-refractivity contribution >= 4 is 33.3 Å². The Bertz CT molecular complexity index is 952. The molecule has 0 atom stereocenters. The van der Waals surface area contributed by atoms with Crippen molar-refractivity contribution in [3.63, 3.8) is 0 Å². The van der Waals surface area contributed by atoms with Gasteiger partial charge in [0.2, 0.25) is 0 Å². The van der Waals surface area contributed by atoms with Crippen molar-refractivity contribution in [3.05, 3.63) is 53.3 Å². The van der Waals surface area contributed by atoms with E-state index in [9.17, 15) is 18.0 Å². The van der Waals surface area contributed by atoms with Gasteiger partial charge >= 0.3 is 6.18 Å². The molecule has 0 radical (unpaired) electrons. The first-order valence-corrected chi connectivity index (χ1v) is 8.86. The number of rotatable bonds is 4. The topological polar surface area (TPSA) is 46.1 Å². The number of nitrogens with zero attached hydrogens (tertiary/aromatic N) is 3. The summed E-state index contributed by atoms with van der Waals surface area (Å²) in [6.07, 6.45) is -1.91. The molecule has 0 fully saturated rings. The van der Waals surface area contributed by atoms with Crippen LogP contribution in [0.5, 0.6) is 0 Å². The number of carbonyl (C=O) groups excluding carboxylic acids is 1. The van der Waals surface area contributed by atoms with Gasteiger partial charge in [-0.1, -0.05) is 19.1 Å². The third kappa shape index (κ3) is 3.16. The summed E-state index contributed by atoms with van der Waals surface area (Å²) in [7, 11) is 0. The molecule has 0 unspecified atom stereocenters. The van der Waals surface area contributed by atoms with Crippen molar-refractivity contribution in [2.45, 2.75) is 26.4 Å². The number of halogens is 3. The smallest absolute Gasteiger partial charge is 0.292 e. The maximum absolute atomic E-state index is 13.3. The molecule has 3 aromatic rings. The summed E-state index contributed by atoms with van der Waals surface area (Å²) < 4.78 is 45.1. The van der Waals surface area contributed by atoms with E-state index >= 15 is 0 Å². The lowest BCUT2D eigenvalue weighted by atomic mass is 10.1. The van der Waals surface area contributed by atoms with E-state index in [-0.39, 0.29) is 6.54 Å². The third-order valence-electron chi connectivity index (χ3n) is 4.12. The number of hydrogen-bond donors (Lipinski definition) is 0. The zero-order valence-corrected chi connectivity index (χ0v) is 15.0. The highest BCUT2D eigenvalue weighted by molar-refractivity contribution is 7.13. The molecule has 0 bridgehead atoms. The van der Waals surface area contributed by atoms with Crippen LogP contribution in [0, 0.1) is 0 Å². The highest BCUT2D eigenvalue weighted by Crippen LogP contribution is 2.36. The van der Waals surface area contributed by atoms with Gasteiger partial charge in [-0.3, -0.25) is 14.7 Å². The number of hydrogen-bond acceptors (Lipinski definition) is 4. The Morgan fingerprint density at radius 3 is 2.65 bits per heavy atom. The predicted molar refractivity (Wildman–Crippen MR) is 95.6 cm³/mol. The Balaban J connectivity index is 2.13. The third-order valence-corrected chi connectivity index (χ3v) is 4.92. The first-order chi connectivity index (χ1) is 12.4. The van der Waals surface area contributed by atoms with E-state index in [1.807, 2.05) is 25.1 Å². The molecular weight excluding hydrogens is 363 g/mol. The largest absolute Gasteiger partial charge is 0.417 e. The summed E-state index contributed by atoms with van der Waals surface area (Å²) in [4.78, 5) is 17.9. The Hall–Kier alpha value is -2.48. The number of anilines is 1. The Morgan fingerprint density at radius 1 is 1.23 bits per heavy atom. The van der Waals surface area contributed by atoms with Gasteiger partial charge in [0.15, 0.2) is 5.82 Å². The van der Waals surface area contributed by atoms with Crippen LogP contribution < -0.4 is 4.90 Å². The first-order valence-electron chi connectivity index (χ1n) is 8.08. The van der Waals surface area contributed by atoms with Gasteiger partial charge in [-0.05, 0) is 42.6 Å². The quantitative estimate of drug-likeness (QED) is 0.645. The number of pyridine rings is 1. The molecule has 2 aromatic heterocycles. The van der Waals surface area contributed by atoms with Crippen LogP contribution in [0.4, 0.5) is 19.0 Å². The Morgan fingerprint density at radius 2 is 2.00 bits per heavy atom. The van der Waals surface area contributed by atoms with Gasteiger partial charge in [0.1, 0.15) is 0 Å². The predicted octanol–water partition coefficient (Wildman–Crippen LogP) is 4.94. The molecule has 0 saturated carbocycles. The second kappa shape index (κ2) is 7.03. The summed E-state index contributed by atoms with van der Waals surface area (Å²) >= 11 is 1.23. The minimum atomic E-state index is -4.63. The van der Waals surface area contributed by atoms with Crippen LogP contribution in [0.3, 0.4) is 0 Å². The molecule has 26 heavy (non-hydrogen) atoms. The maximum atomic E-state index is 13.3. The normalized spacial score (nSPS) is 11.7. The van der Waals surface area contributed by atoms with Crippen LogP contribution in [-0.2, 0) is 12.6 Å². The van der Waals surface area contributed by atoms with Crippen molar-refractivity contribution < 1.29 is 18.0 Å². The number of benzene rings is 1. The van der Waals surface area contributed by atoms with E-state index < -0.39 is 23.2 Å². The zero-order chi connectivity index (χ0) is 18.9. The average Bonchev–Trinajstić information content (AvgIpc) is 3.05. The van der Waals surface area contributed by atoms with E-state index in [1.165, 1.54) is 16.4 Å². The summed E-state index contributed by atoms with van der Waals surface area (Å²) in [5.74, 6) is -0.363. The summed E-state index contributed by atoms with van der Waals surface area (Å²) in [5, 5.41) is 0.813. The van der Waals surface area contributed by atoms with Gasteiger partial charge in [-0.2, -0.15) is 17.5 Å². The highest BCUT2D eigenvalue weighted by Gasteiger charge is 2.37. The highest BCUT2D eigenvalue weighted by atomic mass is 32.1. The lowest BCUT2D eigenvalue weighted by Gasteiger charge is -2.21. The van der Waals surface area contributed by atoms with Crippen LogP contribution >= 0.6 is 11.5 Å². The van der Waals surface area contributed by atoms with Gasteiger partial charge in [-0.25, -0.2) is 0 Å². The summed E-state index contributed by atoms with van der Waals surface area (Å²) in [5.41, 5.74) is -0.470. The number of aryl methyl sites for hydroxylation is 1. The molecule has 1 amide bonds. The second-order valence-electron chi connectivity index (χ2n) is 5.62. The minimum absolute atomic E-state index is 0.196. The Labute approximate surface area is 152 Å². The van der Waals surface area contributed by atoms with E-state index in [2.05, 4.69) is 9.36 Å². The van der Waals surface area contributed by atoms with Crippen molar-refractivity contribution in [2.75, 3.05) is 11.4 Å². The van der Waals surface area contributed by atoms with Crippen molar-refractivity contribution in [1.82, 2.24) is 9.36 Å². The summed E-state index contributed by atoms with van der Waals surface area (Å²) in [6.45, 7) is 3.89. The zero-order valence-electron chi connectivity index (χ0n) is 14.2. The van der Waals surface area contributed by atoms with Gasteiger partial charge in [0.25, 0.3) is 5.91 Å². The van der Waals surface area contributed by atoms with Crippen molar-refractivity contribution in [2.24, 2.45) is 0 Å². The molecule has 2 heterocycles. The molecule has 0 saturated heterocycles. The SMILES string of the molecule is CCc1cccc2snc(N(CC)C(=O)c3cnccc3C(F)(F)F)c12. The lowest BCUT2D eigenvalue weighted by molar-refractivity contribution is -0.138. The van der Waals surface area contributed by atoms with E-state index in [4.69, 9.17) is 0 Å². The molecule has 1 aromatic carbocycles. The molecule has 0 aliphatic carbocycles. The fourth-order valence-corrected chi connectivity index (χ4v) is 3.70. The summed E-state index contributed by atoms with van der Waals surface area (Å²) in [6, 6.07) is 6.55. The number of carbonyl (C=O) groups is 1. The van der Waals surface area contributed by atoms with Gasteiger partial charge in [0.05, 0.1) is 15.8 Å². The van der Waals surface area contributed by atoms with Crippen molar-refractivity contribution in [1.29, 1.82) is 0 Å². The van der Waals surface area contributed by atoms with Gasteiger partial charge < -0.3 is 0 Å². The van der Waals surface area contributed by atoms with Crippen LogP contribution in [0.2, 0.25) is 0 Å². The molecule has 0 aliphatic heterocycles. The van der Waals surface area contributed by atoms with Crippen molar-refractivity contribution in [3.8, 4) is 0 Å². The van der Waals surface area contributed by atoms with Crippen LogP contribution in [0.1, 0.15) is 35.3 Å². The molecule has 136 valence electrons. The number of amides is 1. The van der Waals surface area contributed by atoms with Gasteiger partial charge in [0, 0.05) is 24.3 Å². The van der Waals surface area contributed by atoms with Gasteiger partial charge in [-0.15, -0.1) is 0 Å². The molecular formula is C18H16F3N3OS. The average molecular weight is 379 g/mol. The maximum Gasteiger partial charge on any atom is 0.417 e. The minimum Gasteiger partial charge on any atom is -0.292 e. The molecule has 8 heteroatoms. The molecule has 3 rings (SSSR count). The fraction of sp³-hybridized carbons (Fsp3) is 0.278. The van der Waals surface area contributed by atoms with Crippen LogP contribution in [0.25, 0.3) is 10.1 Å². The number of fused-ring (bicyclic) bond motifs is 1. The molecule has 4 nitrogen and oxygen atoms in total. The molecule has 0 aliphatic rings. The molecule has 0 spiro atoms. The van der Waals surface area contributed by atoms with E-state index in [0.29, 0.717) is 5.82 Å². The molecule has 0 N–H and O–H groups in total. The monoisotopic (exact) mass is 379 g/mol. The van der Waals surface area contributed by atoms with E-state index in [0.717, 1.165) is 40.5 Å². The first kappa shape index (κ1) is 18.3. The fourth-order valence-electron chi connectivity index (χ4n) is 2.87. The number of alkyl halides is 3. The van der Waals surface area contributed by atoms with Crippen LogP contribution in [0.15, 0.2) is 36.7 Å². The standard InChI is InChI=1S/C18H16F3N3OS/c1-3-11-6-5-7-14-15(11)16(23-26-14)24(4-2)17(25)12-10-22-9-8-13(12)18(19,20)21/h5-10H,3-4H2,1-2H3. The van der Waals surface area contributed by atoms with Crippen LogP contribution in [-0.4, -0.2) is 21.8 Å².